The fourth-order valence-corrected chi connectivity index (χ4v) is 5.69. The van der Waals surface area contributed by atoms with Gasteiger partial charge in [-0.05, 0) is 67.3 Å². The quantitative estimate of drug-likeness (QED) is 0.345. The van der Waals surface area contributed by atoms with Gasteiger partial charge in [-0.3, -0.25) is 0 Å². The summed E-state index contributed by atoms with van der Waals surface area (Å²) >= 11 is 0. The molecule has 9 nitrogen and oxygen atoms in total. The first kappa shape index (κ1) is 23.8. The Labute approximate surface area is 219 Å². The van der Waals surface area contributed by atoms with E-state index in [1.165, 1.54) is 6.07 Å². The highest BCUT2D eigenvalue weighted by atomic mass is 32.2. The zero-order valence-electron chi connectivity index (χ0n) is 20.8. The van der Waals surface area contributed by atoms with Crippen LogP contribution < -0.4 is 10.9 Å². The van der Waals surface area contributed by atoms with Gasteiger partial charge in [-0.25, -0.2) is 28.2 Å². The molecular formula is C28H25N7O2S. The molecule has 0 bridgehead atoms. The van der Waals surface area contributed by atoms with Crippen molar-refractivity contribution in [1.29, 1.82) is 0 Å². The van der Waals surface area contributed by atoms with Crippen molar-refractivity contribution in [3.05, 3.63) is 96.2 Å². The zero-order valence-corrected chi connectivity index (χ0v) is 21.6. The Morgan fingerprint density at radius 1 is 0.947 bits per heavy atom. The van der Waals surface area contributed by atoms with Gasteiger partial charge in [-0.2, -0.15) is 5.10 Å². The van der Waals surface area contributed by atoms with Crippen molar-refractivity contribution in [2.24, 2.45) is 5.14 Å². The van der Waals surface area contributed by atoms with Gasteiger partial charge >= 0.3 is 0 Å². The fourth-order valence-electron chi connectivity index (χ4n) is 4.93. The van der Waals surface area contributed by atoms with Crippen LogP contribution in [0, 0.1) is 13.8 Å². The van der Waals surface area contributed by atoms with E-state index in [1.807, 2.05) is 61.0 Å². The molecule has 6 aromatic rings. The molecule has 38 heavy (non-hydrogen) atoms. The van der Waals surface area contributed by atoms with Crippen LogP contribution in [0.15, 0.2) is 83.9 Å². The first-order chi connectivity index (χ1) is 18.2. The Morgan fingerprint density at radius 2 is 1.76 bits per heavy atom. The van der Waals surface area contributed by atoms with Gasteiger partial charge in [0.2, 0.25) is 10.0 Å². The van der Waals surface area contributed by atoms with Crippen LogP contribution in [-0.4, -0.2) is 32.7 Å². The van der Waals surface area contributed by atoms with Gasteiger partial charge in [0.25, 0.3) is 0 Å². The Bertz CT molecular complexity index is 1970. The second-order valence-electron chi connectivity index (χ2n) is 9.28. The van der Waals surface area contributed by atoms with Crippen LogP contribution in [-0.2, 0) is 16.6 Å². The predicted octanol–water partition coefficient (Wildman–Crippen LogP) is 4.33. The molecule has 4 N–H and O–H groups in total. The first-order valence-corrected chi connectivity index (χ1v) is 13.5. The summed E-state index contributed by atoms with van der Waals surface area (Å²) < 4.78 is 28.3. The number of primary sulfonamides is 1. The van der Waals surface area contributed by atoms with Gasteiger partial charge in [0.1, 0.15) is 11.6 Å². The highest BCUT2D eigenvalue weighted by Gasteiger charge is 2.17. The molecule has 0 aliphatic heterocycles. The minimum Gasteiger partial charge on any atom is -0.383 e. The van der Waals surface area contributed by atoms with E-state index >= 15 is 0 Å². The number of benzene rings is 3. The number of pyridine rings is 1. The molecule has 0 amide bonds. The Morgan fingerprint density at radius 3 is 2.58 bits per heavy atom. The molecule has 3 heterocycles. The van der Waals surface area contributed by atoms with Crippen LogP contribution in [0.3, 0.4) is 0 Å². The molecule has 0 saturated carbocycles. The maximum atomic E-state index is 12.1. The molecule has 0 aliphatic carbocycles. The summed E-state index contributed by atoms with van der Waals surface area (Å²) in [6.45, 7) is 4.45. The number of anilines is 1. The van der Waals surface area contributed by atoms with Crippen molar-refractivity contribution < 1.29 is 8.42 Å². The average molecular weight is 524 g/mol. The lowest BCUT2D eigenvalue weighted by Crippen LogP contribution is -2.13. The van der Waals surface area contributed by atoms with Crippen molar-refractivity contribution >= 4 is 37.6 Å². The largest absolute Gasteiger partial charge is 0.383 e. The third-order valence-corrected chi connectivity index (χ3v) is 7.66. The van der Waals surface area contributed by atoms with Crippen LogP contribution in [0.1, 0.15) is 17.2 Å². The van der Waals surface area contributed by atoms with Gasteiger partial charge in [-0.15, -0.1) is 0 Å². The normalized spacial score (nSPS) is 12.0. The van der Waals surface area contributed by atoms with E-state index < -0.39 is 10.0 Å². The second-order valence-corrected chi connectivity index (χ2v) is 10.8. The SMILES string of the molecule is Cc1cc(Cn2c(C)nc3cc(-c4ccccc4S(N)(=O)=O)ccc32)n(-c2ccc3ccnc(N)c3c2)n1. The predicted molar refractivity (Wildman–Crippen MR) is 148 cm³/mol. The Balaban J connectivity index is 1.42. The van der Waals surface area contributed by atoms with Gasteiger partial charge in [0, 0.05) is 17.1 Å². The fraction of sp³-hybridized carbons (Fsp3) is 0.107. The van der Waals surface area contributed by atoms with Crippen molar-refractivity contribution in [3.8, 4) is 16.8 Å². The Kier molecular flexibility index (Phi) is 5.51. The monoisotopic (exact) mass is 523 g/mol. The molecule has 190 valence electrons. The molecule has 0 fully saturated rings. The highest BCUT2D eigenvalue weighted by Crippen LogP contribution is 2.30. The third kappa shape index (κ3) is 4.09. The van der Waals surface area contributed by atoms with Crippen molar-refractivity contribution in [2.75, 3.05) is 5.73 Å². The molecule has 3 aromatic carbocycles. The number of imidazole rings is 1. The molecule has 0 saturated heterocycles. The summed E-state index contributed by atoms with van der Waals surface area (Å²) in [6, 6.07) is 22.5. The summed E-state index contributed by atoms with van der Waals surface area (Å²) in [5.41, 5.74) is 11.9. The van der Waals surface area contributed by atoms with Crippen molar-refractivity contribution in [3.63, 3.8) is 0 Å². The number of nitrogens with two attached hydrogens (primary N) is 2. The van der Waals surface area contributed by atoms with Crippen molar-refractivity contribution in [2.45, 2.75) is 25.3 Å². The van der Waals surface area contributed by atoms with Gasteiger partial charge < -0.3 is 10.3 Å². The number of aryl methyl sites for hydroxylation is 2. The average Bonchev–Trinajstić information content (AvgIpc) is 3.42. The number of sulfonamides is 1. The molecule has 0 atom stereocenters. The lowest BCUT2D eigenvalue weighted by molar-refractivity contribution is 0.598. The van der Waals surface area contributed by atoms with E-state index in [0.717, 1.165) is 50.3 Å². The number of nitrogen functional groups attached to an aromatic ring is 1. The lowest BCUT2D eigenvalue weighted by Gasteiger charge is -2.12. The maximum absolute atomic E-state index is 12.1. The van der Waals surface area contributed by atoms with Gasteiger partial charge in [-0.1, -0.05) is 30.3 Å². The molecule has 0 radical (unpaired) electrons. The van der Waals surface area contributed by atoms with E-state index in [9.17, 15) is 8.42 Å². The number of nitrogens with zero attached hydrogens (tertiary/aromatic N) is 5. The van der Waals surface area contributed by atoms with E-state index in [0.29, 0.717) is 17.9 Å². The molecule has 0 aliphatic rings. The van der Waals surface area contributed by atoms with Crippen LogP contribution in [0.2, 0.25) is 0 Å². The summed E-state index contributed by atoms with van der Waals surface area (Å²) in [5, 5.41) is 12.1. The summed E-state index contributed by atoms with van der Waals surface area (Å²) in [7, 11) is -3.87. The van der Waals surface area contributed by atoms with Crippen LogP contribution >= 0.6 is 0 Å². The van der Waals surface area contributed by atoms with Crippen LogP contribution in [0.4, 0.5) is 5.82 Å². The Hall–Kier alpha value is -4.54. The van der Waals surface area contributed by atoms with Crippen molar-refractivity contribution in [1.82, 2.24) is 24.3 Å². The molecule has 3 aromatic heterocycles. The minimum atomic E-state index is -3.87. The molecule has 6 rings (SSSR count). The lowest BCUT2D eigenvalue weighted by atomic mass is 10.1. The maximum Gasteiger partial charge on any atom is 0.238 e. The number of rotatable bonds is 5. The second kappa shape index (κ2) is 8.79. The van der Waals surface area contributed by atoms with Gasteiger partial charge in [0.05, 0.1) is 39.5 Å². The number of hydrogen-bond acceptors (Lipinski definition) is 6. The number of fused-ring (bicyclic) bond motifs is 2. The smallest absolute Gasteiger partial charge is 0.238 e. The zero-order chi connectivity index (χ0) is 26.6. The minimum absolute atomic E-state index is 0.0844. The molecule has 0 spiro atoms. The number of hydrogen-bond donors (Lipinski definition) is 2. The molecular weight excluding hydrogens is 498 g/mol. The van der Waals surface area contributed by atoms with E-state index in [2.05, 4.69) is 15.6 Å². The third-order valence-electron chi connectivity index (χ3n) is 6.69. The van der Waals surface area contributed by atoms with E-state index in [-0.39, 0.29) is 4.90 Å². The first-order valence-electron chi connectivity index (χ1n) is 12.0. The topological polar surface area (TPSA) is 135 Å². The standard InChI is InChI=1S/C28H25N7O2S/c1-17-13-22(35(33-17)21-9-7-19-11-12-31-28(29)24(19)15-21)16-34-18(2)32-25-14-20(8-10-26(25)34)23-5-3-4-6-27(23)38(30,36)37/h3-15H,16H2,1-2H3,(H2,29,31)(H2,30,36,37). The summed E-state index contributed by atoms with van der Waals surface area (Å²) in [5.74, 6) is 1.31. The van der Waals surface area contributed by atoms with E-state index in [1.54, 1.807) is 24.4 Å². The van der Waals surface area contributed by atoms with Gasteiger partial charge in [0.15, 0.2) is 0 Å². The summed E-state index contributed by atoms with van der Waals surface area (Å²) in [4.78, 5) is 9.08. The van der Waals surface area contributed by atoms with Crippen LogP contribution in [0.25, 0.3) is 38.6 Å². The molecule has 10 heteroatoms. The summed E-state index contributed by atoms with van der Waals surface area (Å²) in [6.07, 6.45) is 1.70. The highest BCUT2D eigenvalue weighted by molar-refractivity contribution is 7.89. The van der Waals surface area contributed by atoms with Crippen LogP contribution in [0.5, 0.6) is 0 Å². The van der Waals surface area contributed by atoms with E-state index in [4.69, 9.17) is 21.0 Å². The number of aromatic nitrogens is 5. The molecule has 0 unspecified atom stereocenters.